The average molecular weight is 299 g/mol. The molecule has 3 nitrogen and oxygen atoms in total. The Kier molecular flexibility index (Phi) is 5.36. The molecular weight excluding hydrogens is 288 g/mol. The van der Waals surface area contributed by atoms with Crippen LogP contribution in [0.4, 0.5) is 0 Å². The zero-order chi connectivity index (χ0) is 12.0. The van der Waals surface area contributed by atoms with Gasteiger partial charge in [0.25, 0.3) is 0 Å². The zero-order valence-electron chi connectivity index (χ0n) is 8.74. The van der Waals surface area contributed by atoms with Crippen LogP contribution in [0.1, 0.15) is 6.92 Å². The standard InChI is InChI=1S/C11H11BrN2OS/c1-8(6-13)14-11(15)7-16-10-4-2-3-9(12)5-10/h2-5,8H,7H2,1H3,(H,14,15). The summed E-state index contributed by atoms with van der Waals surface area (Å²) in [5, 5.41) is 11.1. The van der Waals surface area contributed by atoms with Crippen molar-refractivity contribution in [2.75, 3.05) is 5.75 Å². The van der Waals surface area contributed by atoms with Crippen molar-refractivity contribution in [1.29, 1.82) is 5.26 Å². The van der Waals surface area contributed by atoms with E-state index in [9.17, 15) is 4.79 Å². The summed E-state index contributed by atoms with van der Waals surface area (Å²) in [6.45, 7) is 1.65. The van der Waals surface area contributed by atoms with E-state index in [1.54, 1.807) is 6.92 Å². The Balaban J connectivity index is 2.41. The van der Waals surface area contributed by atoms with E-state index in [2.05, 4.69) is 21.2 Å². The predicted octanol–water partition coefficient (Wildman–Crippen LogP) is 2.57. The van der Waals surface area contributed by atoms with Gasteiger partial charge in [0.15, 0.2) is 0 Å². The number of thioether (sulfide) groups is 1. The van der Waals surface area contributed by atoms with E-state index in [1.807, 2.05) is 30.3 Å². The van der Waals surface area contributed by atoms with Crippen molar-refractivity contribution in [2.45, 2.75) is 17.9 Å². The lowest BCUT2D eigenvalue weighted by molar-refractivity contribution is -0.118. The van der Waals surface area contributed by atoms with Crippen LogP contribution in [-0.2, 0) is 4.79 Å². The quantitative estimate of drug-likeness (QED) is 0.869. The van der Waals surface area contributed by atoms with Crippen LogP contribution in [0.15, 0.2) is 33.6 Å². The number of hydrogen-bond acceptors (Lipinski definition) is 3. The Morgan fingerprint density at radius 2 is 2.44 bits per heavy atom. The van der Waals surface area contributed by atoms with Gasteiger partial charge in [-0.3, -0.25) is 4.79 Å². The molecule has 0 saturated heterocycles. The number of nitriles is 1. The van der Waals surface area contributed by atoms with Crippen molar-refractivity contribution >= 4 is 33.6 Å². The van der Waals surface area contributed by atoms with E-state index >= 15 is 0 Å². The predicted molar refractivity (Wildman–Crippen MR) is 68.1 cm³/mol. The largest absolute Gasteiger partial charge is 0.340 e. The molecule has 0 heterocycles. The average Bonchev–Trinajstić information content (AvgIpc) is 2.26. The van der Waals surface area contributed by atoms with Crippen LogP contribution in [0.25, 0.3) is 0 Å². The van der Waals surface area contributed by atoms with Crippen molar-refractivity contribution in [3.05, 3.63) is 28.7 Å². The molecule has 0 aliphatic carbocycles. The first-order chi connectivity index (χ1) is 7.61. The fraction of sp³-hybridized carbons (Fsp3) is 0.273. The smallest absolute Gasteiger partial charge is 0.231 e. The van der Waals surface area contributed by atoms with Gasteiger partial charge in [0.2, 0.25) is 5.91 Å². The maximum atomic E-state index is 11.4. The van der Waals surface area contributed by atoms with Gasteiger partial charge in [-0.05, 0) is 25.1 Å². The topological polar surface area (TPSA) is 52.9 Å². The first-order valence-electron chi connectivity index (χ1n) is 4.69. The molecule has 1 aromatic carbocycles. The third-order valence-corrected chi connectivity index (χ3v) is 3.22. The summed E-state index contributed by atoms with van der Waals surface area (Å²) in [4.78, 5) is 12.4. The maximum absolute atomic E-state index is 11.4. The van der Waals surface area contributed by atoms with E-state index in [1.165, 1.54) is 11.8 Å². The molecule has 0 aliphatic heterocycles. The summed E-state index contributed by atoms with van der Waals surface area (Å²) in [7, 11) is 0. The highest BCUT2D eigenvalue weighted by molar-refractivity contribution is 9.10. The van der Waals surface area contributed by atoms with Gasteiger partial charge in [0, 0.05) is 9.37 Å². The van der Waals surface area contributed by atoms with Gasteiger partial charge >= 0.3 is 0 Å². The molecule has 0 fully saturated rings. The lowest BCUT2D eigenvalue weighted by Crippen LogP contribution is -2.32. The molecule has 5 heteroatoms. The fourth-order valence-corrected chi connectivity index (χ4v) is 2.34. The highest BCUT2D eigenvalue weighted by Crippen LogP contribution is 2.21. The van der Waals surface area contributed by atoms with Crippen LogP contribution in [-0.4, -0.2) is 17.7 Å². The van der Waals surface area contributed by atoms with E-state index in [0.717, 1.165) is 9.37 Å². The lowest BCUT2D eigenvalue weighted by atomic mass is 10.4. The van der Waals surface area contributed by atoms with Crippen molar-refractivity contribution in [1.82, 2.24) is 5.32 Å². The minimum atomic E-state index is -0.435. The number of benzene rings is 1. The zero-order valence-corrected chi connectivity index (χ0v) is 11.1. The normalized spacial score (nSPS) is 11.6. The minimum Gasteiger partial charge on any atom is -0.340 e. The molecule has 84 valence electrons. The van der Waals surface area contributed by atoms with Gasteiger partial charge in [0.05, 0.1) is 11.8 Å². The van der Waals surface area contributed by atoms with Gasteiger partial charge in [-0.2, -0.15) is 5.26 Å². The van der Waals surface area contributed by atoms with E-state index in [0.29, 0.717) is 5.75 Å². The van der Waals surface area contributed by atoms with Crippen molar-refractivity contribution in [2.24, 2.45) is 0 Å². The van der Waals surface area contributed by atoms with E-state index in [-0.39, 0.29) is 5.91 Å². The van der Waals surface area contributed by atoms with Crippen LogP contribution < -0.4 is 5.32 Å². The molecule has 0 aliphatic rings. The maximum Gasteiger partial charge on any atom is 0.231 e. The molecule has 1 N–H and O–H groups in total. The molecule has 0 radical (unpaired) electrons. The summed E-state index contributed by atoms with van der Waals surface area (Å²) < 4.78 is 0.989. The highest BCUT2D eigenvalue weighted by atomic mass is 79.9. The Labute approximate surface area is 107 Å². The van der Waals surface area contributed by atoms with Gasteiger partial charge in [-0.15, -0.1) is 11.8 Å². The summed E-state index contributed by atoms with van der Waals surface area (Å²) in [6.07, 6.45) is 0. The van der Waals surface area contributed by atoms with Crippen molar-refractivity contribution < 1.29 is 4.79 Å². The van der Waals surface area contributed by atoms with Crippen LogP contribution in [0.3, 0.4) is 0 Å². The number of halogens is 1. The first-order valence-corrected chi connectivity index (χ1v) is 6.47. The summed E-state index contributed by atoms with van der Waals surface area (Å²) in [5.41, 5.74) is 0. The third-order valence-electron chi connectivity index (χ3n) is 1.74. The molecule has 1 rings (SSSR count). The summed E-state index contributed by atoms with van der Waals surface area (Å²) in [5.74, 6) is 0.196. The monoisotopic (exact) mass is 298 g/mol. The SMILES string of the molecule is CC(C#N)NC(=O)CSc1cccc(Br)c1. The van der Waals surface area contributed by atoms with Crippen LogP contribution in [0, 0.1) is 11.3 Å². The molecular formula is C11H11BrN2OS. The van der Waals surface area contributed by atoms with E-state index in [4.69, 9.17) is 5.26 Å². The molecule has 1 atom stereocenters. The van der Waals surface area contributed by atoms with Gasteiger partial charge < -0.3 is 5.32 Å². The molecule has 0 saturated carbocycles. The summed E-state index contributed by atoms with van der Waals surface area (Å²) >= 11 is 4.81. The molecule has 0 aromatic heterocycles. The number of nitrogens with one attached hydrogen (secondary N) is 1. The molecule has 16 heavy (non-hydrogen) atoms. The number of amides is 1. The third kappa shape index (κ3) is 4.69. The van der Waals surface area contributed by atoms with Crippen LogP contribution >= 0.6 is 27.7 Å². The number of rotatable bonds is 4. The van der Waals surface area contributed by atoms with Gasteiger partial charge in [-0.1, -0.05) is 22.0 Å². The van der Waals surface area contributed by atoms with E-state index < -0.39 is 6.04 Å². The number of carbonyl (C=O) groups is 1. The Morgan fingerprint density at radius 1 is 1.69 bits per heavy atom. The molecule has 1 unspecified atom stereocenters. The van der Waals surface area contributed by atoms with Gasteiger partial charge in [-0.25, -0.2) is 0 Å². The highest BCUT2D eigenvalue weighted by Gasteiger charge is 2.06. The fourth-order valence-electron chi connectivity index (χ4n) is 1.02. The molecule has 0 bridgehead atoms. The second kappa shape index (κ2) is 6.56. The van der Waals surface area contributed by atoms with Crippen LogP contribution in [0.2, 0.25) is 0 Å². The Hall–Kier alpha value is -0.990. The van der Waals surface area contributed by atoms with Crippen molar-refractivity contribution in [3.8, 4) is 6.07 Å². The number of hydrogen-bond donors (Lipinski definition) is 1. The lowest BCUT2D eigenvalue weighted by Gasteiger charge is -2.06. The second-order valence-electron chi connectivity index (χ2n) is 3.16. The molecule has 0 spiro atoms. The Morgan fingerprint density at radius 3 is 3.06 bits per heavy atom. The molecule has 1 aromatic rings. The summed E-state index contributed by atoms with van der Waals surface area (Å²) in [6, 6.07) is 9.26. The molecule has 1 amide bonds. The van der Waals surface area contributed by atoms with Crippen LogP contribution in [0.5, 0.6) is 0 Å². The minimum absolute atomic E-state index is 0.126. The Bertz CT molecular complexity index is 417. The second-order valence-corrected chi connectivity index (χ2v) is 5.13. The van der Waals surface area contributed by atoms with Crippen molar-refractivity contribution in [3.63, 3.8) is 0 Å². The first kappa shape index (κ1) is 13.1. The number of carbonyl (C=O) groups excluding carboxylic acids is 1. The van der Waals surface area contributed by atoms with Gasteiger partial charge in [0.1, 0.15) is 6.04 Å². The number of nitrogens with zero attached hydrogens (tertiary/aromatic N) is 1.